The number of aliphatic hydroxyl groups excluding tert-OH is 3. The van der Waals surface area contributed by atoms with E-state index in [1.165, 1.54) is 0 Å². The minimum Gasteiger partial charge on any atom is -0.394 e. The molecule has 2 rings (SSSR count). The summed E-state index contributed by atoms with van der Waals surface area (Å²) in [6.45, 7) is -0.472. The van der Waals surface area contributed by atoms with Crippen LogP contribution in [0.15, 0.2) is 4.99 Å². The Labute approximate surface area is 111 Å². The highest BCUT2D eigenvalue weighted by Crippen LogP contribution is 2.38. The monoisotopic (exact) mass is 301 g/mol. The highest BCUT2D eigenvalue weighted by atomic mass is 32.2. The second-order valence-electron chi connectivity index (χ2n) is 4.45. The molecule has 0 aliphatic carbocycles. The molecule has 2 unspecified atom stereocenters. The van der Waals surface area contributed by atoms with Gasteiger partial charge < -0.3 is 20.1 Å². The van der Waals surface area contributed by atoms with Crippen molar-refractivity contribution in [3.63, 3.8) is 0 Å². The third kappa shape index (κ3) is 3.40. The Morgan fingerprint density at radius 1 is 1.26 bits per heavy atom. The lowest BCUT2D eigenvalue weighted by Crippen LogP contribution is -2.55. The zero-order chi connectivity index (χ0) is 14.2. The predicted molar refractivity (Wildman–Crippen MR) is 61.9 cm³/mol. The molecule has 9 heteroatoms. The minimum absolute atomic E-state index is 0.247. The van der Waals surface area contributed by atoms with Crippen LogP contribution in [0.1, 0.15) is 12.8 Å². The zero-order valence-corrected chi connectivity index (χ0v) is 10.6. The van der Waals surface area contributed by atoms with Crippen molar-refractivity contribution in [2.45, 2.75) is 48.8 Å². The van der Waals surface area contributed by atoms with Gasteiger partial charge in [0.1, 0.15) is 29.8 Å². The molecule has 3 N–H and O–H groups in total. The maximum Gasteiger partial charge on any atom is 0.389 e. The summed E-state index contributed by atoms with van der Waals surface area (Å²) < 4.78 is 41.7. The van der Waals surface area contributed by atoms with Crippen LogP contribution >= 0.6 is 11.8 Å². The molecule has 0 aromatic rings. The highest BCUT2D eigenvalue weighted by Gasteiger charge is 2.48. The second kappa shape index (κ2) is 5.57. The molecule has 1 fully saturated rings. The molecule has 110 valence electrons. The Bertz CT molecular complexity index is 365. The van der Waals surface area contributed by atoms with Crippen molar-refractivity contribution in [3.05, 3.63) is 0 Å². The molecule has 0 radical (unpaired) electrons. The quantitative estimate of drug-likeness (QED) is 0.697. The number of aliphatic hydroxyl groups is 3. The van der Waals surface area contributed by atoms with Crippen molar-refractivity contribution >= 4 is 16.8 Å². The Balaban J connectivity index is 1.99. The maximum absolute atomic E-state index is 12.1. The molecule has 0 saturated carbocycles. The summed E-state index contributed by atoms with van der Waals surface area (Å²) in [5, 5.41) is 28.7. The van der Waals surface area contributed by atoms with Crippen LogP contribution in [0.3, 0.4) is 0 Å². The minimum atomic E-state index is -4.26. The van der Waals surface area contributed by atoms with Gasteiger partial charge in [0.15, 0.2) is 0 Å². The number of thioether (sulfide) groups is 1. The number of alkyl halides is 3. The van der Waals surface area contributed by atoms with Gasteiger partial charge in [0.05, 0.1) is 11.7 Å². The Morgan fingerprint density at radius 2 is 1.95 bits per heavy atom. The van der Waals surface area contributed by atoms with Gasteiger partial charge in [0.25, 0.3) is 0 Å². The van der Waals surface area contributed by atoms with E-state index in [1.54, 1.807) is 0 Å². The molecule has 2 aliphatic heterocycles. The largest absolute Gasteiger partial charge is 0.394 e. The van der Waals surface area contributed by atoms with Gasteiger partial charge in [-0.1, -0.05) is 11.8 Å². The molecule has 0 aromatic carbocycles. The lowest BCUT2D eigenvalue weighted by Gasteiger charge is -2.37. The number of aliphatic imine (C=N–C) groups is 1. The summed E-state index contributed by atoms with van der Waals surface area (Å²) in [6.07, 6.45) is -8.99. The summed E-state index contributed by atoms with van der Waals surface area (Å²) in [4.78, 5) is 3.98. The van der Waals surface area contributed by atoms with Gasteiger partial charge in [-0.05, 0) is 0 Å². The Hall–Kier alpha value is -0.350. The van der Waals surface area contributed by atoms with E-state index in [-0.39, 0.29) is 11.5 Å². The van der Waals surface area contributed by atoms with Crippen molar-refractivity contribution < 1.29 is 33.2 Å². The molecular weight excluding hydrogens is 287 g/mol. The molecule has 1 saturated heterocycles. The SMILES string of the molecule is OC[C@H]1OC2SC(CCC(F)(F)F)=NC2[C@@H](O)[C@@H]1O. The van der Waals surface area contributed by atoms with Crippen LogP contribution in [0.4, 0.5) is 13.2 Å². The maximum atomic E-state index is 12.1. The van der Waals surface area contributed by atoms with Crippen LogP contribution in [-0.2, 0) is 4.74 Å². The first-order valence-corrected chi connectivity index (χ1v) is 6.62. The first kappa shape index (κ1) is 15.0. The van der Waals surface area contributed by atoms with Crippen LogP contribution < -0.4 is 0 Å². The van der Waals surface area contributed by atoms with Gasteiger partial charge in [0.2, 0.25) is 0 Å². The molecule has 2 aliphatic rings. The van der Waals surface area contributed by atoms with Gasteiger partial charge in [-0.2, -0.15) is 13.2 Å². The van der Waals surface area contributed by atoms with Crippen molar-refractivity contribution in [1.29, 1.82) is 0 Å². The van der Waals surface area contributed by atoms with Crippen LogP contribution in [0.5, 0.6) is 0 Å². The number of halogens is 3. The van der Waals surface area contributed by atoms with Crippen molar-refractivity contribution in [3.8, 4) is 0 Å². The number of hydrogen-bond acceptors (Lipinski definition) is 6. The Morgan fingerprint density at radius 3 is 2.53 bits per heavy atom. The summed E-state index contributed by atoms with van der Waals surface area (Å²) in [5.74, 6) is 0. The normalized spacial score (nSPS) is 39.1. The molecule has 5 nitrogen and oxygen atoms in total. The molecule has 0 aromatic heterocycles. The lowest BCUT2D eigenvalue weighted by molar-refractivity contribution is -0.164. The fraction of sp³-hybridized carbons (Fsp3) is 0.900. The van der Waals surface area contributed by atoms with Crippen molar-refractivity contribution in [2.24, 2.45) is 4.99 Å². The van der Waals surface area contributed by atoms with Crippen molar-refractivity contribution in [1.82, 2.24) is 0 Å². The lowest BCUT2D eigenvalue weighted by atomic mass is 9.99. The number of rotatable bonds is 3. The standard InChI is InChI=1S/C10H14F3NO4S/c11-10(12,13)2-1-5-14-6-8(17)7(16)4(3-15)18-9(6)19-5/h4,6-9,15-17H,1-3H2/t4-,6?,7-,8-,9?/m1/s1. The van der Waals surface area contributed by atoms with E-state index in [2.05, 4.69) is 4.99 Å². The van der Waals surface area contributed by atoms with Crippen LogP contribution in [0.25, 0.3) is 0 Å². The molecule has 5 atom stereocenters. The average Bonchev–Trinajstić information content (AvgIpc) is 2.73. The second-order valence-corrected chi connectivity index (χ2v) is 5.62. The van der Waals surface area contributed by atoms with E-state index in [0.717, 1.165) is 11.8 Å². The summed E-state index contributed by atoms with van der Waals surface area (Å²) in [5.41, 5.74) is -0.654. The summed E-state index contributed by atoms with van der Waals surface area (Å²) in [7, 11) is 0. The fourth-order valence-corrected chi connectivity index (χ4v) is 3.24. The van der Waals surface area contributed by atoms with Crippen LogP contribution in [0.2, 0.25) is 0 Å². The number of ether oxygens (including phenoxy) is 1. The van der Waals surface area contributed by atoms with Crippen LogP contribution in [-0.4, -0.2) is 62.9 Å². The van der Waals surface area contributed by atoms with E-state index in [4.69, 9.17) is 9.84 Å². The zero-order valence-electron chi connectivity index (χ0n) is 9.75. The molecule has 0 amide bonds. The van der Waals surface area contributed by atoms with E-state index in [0.29, 0.717) is 0 Å². The number of nitrogens with zero attached hydrogens (tertiary/aromatic N) is 1. The smallest absolute Gasteiger partial charge is 0.389 e. The predicted octanol–water partition coefficient (Wildman–Crippen LogP) is 0.282. The van der Waals surface area contributed by atoms with Gasteiger partial charge in [0, 0.05) is 12.8 Å². The van der Waals surface area contributed by atoms with Gasteiger partial charge in [-0.25, -0.2) is 0 Å². The average molecular weight is 301 g/mol. The first-order valence-electron chi connectivity index (χ1n) is 5.74. The highest BCUT2D eigenvalue weighted by molar-refractivity contribution is 8.14. The number of hydrogen-bond donors (Lipinski definition) is 3. The van der Waals surface area contributed by atoms with E-state index in [1.807, 2.05) is 0 Å². The third-order valence-electron chi connectivity index (χ3n) is 3.02. The van der Waals surface area contributed by atoms with Gasteiger partial charge >= 0.3 is 6.18 Å². The van der Waals surface area contributed by atoms with Crippen molar-refractivity contribution in [2.75, 3.05) is 6.61 Å². The molecule has 19 heavy (non-hydrogen) atoms. The molecular formula is C10H14F3NO4S. The summed E-state index contributed by atoms with van der Waals surface area (Å²) in [6, 6.07) is -0.786. The number of fused-ring (bicyclic) bond motifs is 1. The fourth-order valence-electron chi connectivity index (χ4n) is 2.00. The topological polar surface area (TPSA) is 82.3 Å². The van der Waals surface area contributed by atoms with Crippen LogP contribution in [0, 0.1) is 0 Å². The molecule has 0 spiro atoms. The Kier molecular flexibility index (Phi) is 4.41. The first-order chi connectivity index (χ1) is 8.81. The molecule has 2 heterocycles. The van der Waals surface area contributed by atoms with E-state index >= 15 is 0 Å². The van der Waals surface area contributed by atoms with Gasteiger partial charge in [-0.3, -0.25) is 4.99 Å². The molecule has 0 bridgehead atoms. The third-order valence-corrected chi connectivity index (χ3v) is 4.22. The summed E-state index contributed by atoms with van der Waals surface area (Å²) >= 11 is 1.01. The van der Waals surface area contributed by atoms with E-state index in [9.17, 15) is 23.4 Å². The van der Waals surface area contributed by atoms with E-state index < -0.39 is 49.0 Å². The van der Waals surface area contributed by atoms with Gasteiger partial charge in [-0.15, -0.1) is 0 Å².